The maximum absolute atomic E-state index is 14.7. The summed E-state index contributed by atoms with van der Waals surface area (Å²) in [6.07, 6.45) is 0. The number of likely N-dealkylation sites (N-methyl/N-ethyl adjacent to an activating group) is 2. The highest BCUT2D eigenvalue weighted by Gasteiger charge is 2.73. The Morgan fingerprint density at radius 1 is 0.658 bits per heavy atom. The van der Waals surface area contributed by atoms with E-state index in [1.54, 1.807) is 9.80 Å². The number of hydrogen-bond acceptors (Lipinski definition) is 4. The lowest BCUT2D eigenvalue weighted by molar-refractivity contribution is -0.139. The first-order chi connectivity index (χ1) is 18.5. The second-order valence-electron chi connectivity index (χ2n) is 10.3. The highest BCUT2D eigenvalue weighted by molar-refractivity contribution is 6.12. The third kappa shape index (κ3) is 2.73. The molecule has 0 aliphatic carbocycles. The second kappa shape index (κ2) is 8.12. The second-order valence-corrected chi connectivity index (χ2v) is 10.3. The molecule has 3 aliphatic heterocycles. The Kier molecular flexibility index (Phi) is 4.89. The van der Waals surface area contributed by atoms with Gasteiger partial charge in [0.1, 0.15) is 0 Å². The normalized spacial score (nSPS) is 26.0. The Bertz CT molecular complexity index is 1570. The van der Waals surface area contributed by atoms with Crippen LogP contribution in [-0.2, 0) is 27.3 Å². The van der Waals surface area contributed by atoms with E-state index in [1.165, 1.54) is 0 Å². The van der Waals surface area contributed by atoms with E-state index >= 15 is 0 Å². The summed E-state index contributed by atoms with van der Waals surface area (Å²) >= 11 is 0. The summed E-state index contributed by atoms with van der Waals surface area (Å²) in [5.74, 6) is -0.139. The van der Waals surface area contributed by atoms with Crippen molar-refractivity contribution < 1.29 is 9.59 Å². The number of amides is 2. The van der Waals surface area contributed by atoms with E-state index in [1.807, 2.05) is 111 Å². The lowest BCUT2D eigenvalue weighted by Gasteiger charge is -2.42. The van der Waals surface area contributed by atoms with Gasteiger partial charge in [-0.05, 0) is 23.3 Å². The number of benzene rings is 4. The molecule has 7 rings (SSSR count). The molecule has 0 bridgehead atoms. The quantitative estimate of drug-likeness (QED) is 0.449. The molecule has 6 nitrogen and oxygen atoms in total. The van der Waals surface area contributed by atoms with Crippen molar-refractivity contribution in [2.24, 2.45) is 0 Å². The molecular formula is C32H28N4O2. The van der Waals surface area contributed by atoms with Crippen LogP contribution in [0.1, 0.15) is 28.3 Å². The van der Waals surface area contributed by atoms with Crippen LogP contribution < -0.4 is 15.1 Å². The molecule has 4 aromatic carbocycles. The van der Waals surface area contributed by atoms with Gasteiger partial charge in [-0.2, -0.15) is 0 Å². The van der Waals surface area contributed by atoms with Gasteiger partial charge in [-0.25, -0.2) is 4.90 Å². The predicted octanol–water partition coefficient (Wildman–Crippen LogP) is 4.53. The Morgan fingerprint density at radius 3 is 1.87 bits per heavy atom. The van der Waals surface area contributed by atoms with E-state index in [9.17, 15) is 9.59 Å². The van der Waals surface area contributed by atoms with Crippen molar-refractivity contribution in [1.82, 2.24) is 10.2 Å². The van der Waals surface area contributed by atoms with Crippen molar-refractivity contribution in [1.29, 1.82) is 0 Å². The Hall–Kier alpha value is -4.26. The zero-order chi connectivity index (χ0) is 26.1. The van der Waals surface area contributed by atoms with Crippen molar-refractivity contribution in [3.63, 3.8) is 0 Å². The van der Waals surface area contributed by atoms with Crippen LogP contribution in [0.25, 0.3) is 0 Å². The van der Waals surface area contributed by atoms with Gasteiger partial charge < -0.3 is 9.80 Å². The summed E-state index contributed by atoms with van der Waals surface area (Å²) in [5, 5.41) is 3.80. The molecule has 2 amide bonds. The van der Waals surface area contributed by atoms with Gasteiger partial charge in [0.15, 0.2) is 11.2 Å². The van der Waals surface area contributed by atoms with E-state index in [-0.39, 0.29) is 11.8 Å². The molecule has 3 heterocycles. The highest BCUT2D eigenvalue weighted by atomic mass is 16.2. The first-order valence-corrected chi connectivity index (χ1v) is 12.9. The Labute approximate surface area is 222 Å². The average Bonchev–Trinajstić information content (AvgIpc) is 3.48. The number of rotatable bonds is 3. The van der Waals surface area contributed by atoms with E-state index in [2.05, 4.69) is 22.3 Å². The Balaban J connectivity index is 1.59. The van der Waals surface area contributed by atoms with Crippen molar-refractivity contribution in [2.45, 2.75) is 23.8 Å². The third-order valence-electron chi connectivity index (χ3n) is 8.49. The first-order valence-electron chi connectivity index (χ1n) is 12.9. The molecule has 3 atom stereocenters. The SMILES string of the molecule is CN1C(=O)[C@@]2(N[C@@H](c3ccccc3)[C@@]3(C(=O)N(C)c4ccccc43)N2Cc2ccccc2)c2ccccc21. The molecule has 0 radical (unpaired) electrons. The lowest BCUT2D eigenvalue weighted by atomic mass is 9.79. The van der Waals surface area contributed by atoms with Crippen LogP contribution in [0.2, 0.25) is 0 Å². The van der Waals surface area contributed by atoms with Gasteiger partial charge in [0.25, 0.3) is 11.8 Å². The highest BCUT2D eigenvalue weighted by Crippen LogP contribution is 2.61. The minimum absolute atomic E-state index is 0.0484. The molecule has 38 heavy (non-hydrogen) atoms. The molecule has 1 saturated heterocycles. The van der Waals surface area contributed by atoms with Crippen LogP contribution in [0.15, 0.2) is 109 Å². The number of nitrogens with zero attached hydrogens (tertiary/aromatic N) is 3. The summed E-state index contributed by atoms with van der Waals surface area (Å²) in [4.78, 5) is 34.8. The summed E-state index contributed by atoms with van der Waals surface area (Å²) in [5.41, 5.74) is 3.07. The van der Waals surface area contributed by atoms with Gasteiger partial charge in [-0.3, -0.25) is 14.9 Å². The lowest BCUT2D eigenvalue weighted by Crippen LogP contribution is -2.60. The number of anilines is 2. The van der Waals surface area contributed by atoms with Crippen molar-refractivity contribution in [2.75, 3.05) is 23.9 Å². The van der Waals surface area contributed by atoms with Crippen LogP contribution in [0.4, 0.5) is 11.4 Å². The fourth-order valence-corrected chi connectivity index (χ4v) is 6.84. The Morgan fingerprint density at radius 2 is 1.18 bits per heavy atom. The maximum atomic E-state index is 14.7. The monoisotopic (exact) mass is 500 g/mol. The molecule has 0 unspecified atom stereocenters. The molecule has 2 spiro atoms. The number of carbonyl (C=O) groups is 2. The van der Waals surface area contributed by atoms with E-state index in [4.69, 9.17) is 0 Å². The average molecular weight is 501 g/mol. The molecule has 3 aliphatic rings. The zero-order valence-corrected chi connectivity index (χ0v) is 21.3. The van der Waals surface area contributed by atoms with E-state index in [0.717, 1.165) is 33.6 Å². The van der Waals surface area contributed by atoms with Crippen molar-refractivity contribution in [3.8, 4) is 0 Å². The van der Waals surface area contributed by atoms with Crippen LogP contribution in [0.5, 0.6) is 0 Å². The fraction of sp³-hybridized carbons (Fsp3) is 0.188. The van der Waals surface area contributed by atoms with Gasteiger partial charge in [0.05, 0.1) is 11.7 Å². The van der Waals surface area contributed by atoms with Crippen molar-refractivity contribution in [3.05, 3.63) is 131 Å². The number of nitrogens with one attached hydrogen (secondary N) is 1. The third-order valence-corrected chi connectivity index (χ3v) is 8.49. The molecular weight excluding hydrogens is 472 g/mol. The molecule has 0 aromatic heterocycles. The summed E-state index contributed by atoms with van der Waals surface area (Å²) in [7, 11) is 3.65. The largest absolute Gasteiger partial charge is 0.313 e. The van der Waals surface area contributed by atoms with Gasteiger partial charge in [0.2, 0.25) is 0 Å². The van der Waals surface area contributed by atoms with Gasteiger partial charge >= 0.3 is 0 Å². The van der Waals surface area contributed by atoms with Crippen LogP contribution >= 0.6 is 0 Å². The number of hydrogen-bond donors (Lipinski definition) is 1. The number of fused-ring (bicyclic) bond motifs is 4. The van der Waals surface area contributed by atoms with E-state index in [0.29, 0.717) is 6.54 Å². The van der Waals surface area contributed by atoms with Crippen LogP contribution in [-0.4, -0.2) is 30.8 Å². The summed E-state index contributed by atoms with van der Waals surface area (Å²) in [6.45, 7) is 0.402. The van der Waals surface area contributed by atoms with Crippen LogP contribution in [0, 0.1) is 0 Å². The topological polar surface area (TPSA) is 55.9 Å². The van der Waals surface area contributed by atoms with Gasteiger partial charge in [-0.15, -0.1) is 0 Å². The number of para-hydroxylation sites is 2. The summed E-state index contributed by atoms with van der Waals surface area (Å²) in [6, 6.07) is 35.5. The van der Waals surface area contributed by atoms with E-state index < -0.39 is 17.2 Å². The minimum atomic E-state index is -1.24. The van der Waals surface area contributed by atoms with Crippen molar-refractivity contribution >= 4 is 23.2 Å². The smallest absolute Gasteiger partial charge is 0.267 e. The molecule has 1 fully saturated rings. The fourth-order valence-electron chi connectivity index (χ4n) is 6.84. The molecule has 0 saturated carbocycles. The predicted molar refractivity (Wildman–Crippen MR) is 147 cm³/mol. The first kappa shape index (κ1) is 22.9. The molecule has 1 N–H and O–H groups in total. The molecule has 188 valence electrons. The molecule has 4 aromatic rings. The minimum Gasteiger partial charge on any atom is -0.313 e. The van der Waals surface area contributed by atoms with Crippen LogP contribution in [0.3, 0.4) is 0 Å². The number of carbonyl (C=O) groups excluding carboxylic acids is 2. The maximum Gasteiger partial charge on any atom is 0.267 e. The molecule has 6 heteroatoms. The standard InChI is InChI=1S/C32H28N4O2/c1-34-26-19-11-9-17-24(26)31(29(34)37)28(23-15-7-4-8-16-23)33-32(36(31)21-22-13-5-3-6-14-22)25-18-10-12-20-27(25)35(2)30(32)38/h3-20,28,33H,21H2,1-2H3/t28-,31-,32+/m0/s1. The zero-order valence-electron chi connectivity index (χ0n) is 21.3. The van der Waals surface area contributed by atoms with Gasteiger partial charge in [-0.1, -0.05) is 97.1 Å². The summed E-state index contributed by atoms with van der Waals surface area (Å²) < 4.78 is 0. The van der Waals surface area contributed by atoms with Gasteiger partial charge in [0, 0.05) is 37.5 Å².